The molecule has 0 saturated carbocycles. The first-order valence-electron chi connectivity index (χ1n) is 6.06. The lowest BCUT2D eigenvalue weighted by Gasteiger charge is -2.11. The molecule has 0 aliphatic rings. The van der Waals surface area contributed by atoms with Crippen molar-refractivity contribution in [1.82, 2.24) is 0 Å². The number of anilines is 1. The summed E-state index contributed by atoms with van der Waals surface area (Å²) >= 11 is 0. The highest BCUT2D eigenvalue weighted by Gasteiger charge is 2.30. The van der Waals surface area contributed by atoms with Crippen LogP contribution in [-0.4, -0.2) is 5.11 Å². The topological polar surface area (TPSA) is 32.3 Å². The molecule has 0 aliphatic heterocycles. The molecule has 2 rings (SSSR count). The number of phenolic OH excluding ortho intramolecular Hbond substituents is 1. The minimum absolute atomic E-state index is 0.120. The van der Waals surface area contributed by atoms with E-state index in [1.807, 2.05) is 6.92 Å². The number of rotatable bonds is 3. The molecule has 0 aromatic heterocycles. The number of hydrogen-bond acceptors (Lipinski definition) is 2. The minimum Gasteiger partial charge on any atom is -0.508 e. The predicted molar refractivity (Wildman–Crippen MR) is 71.6 cm³/mol. The number of aromatic hydroxyl groups is 1. The Balaban J connectivity index is 2.13. The van der Waals surface area contributed by atoms with Crippen LogP contribution in [0.3, 0.4) is 0 Å². The Labute approximate surface area is 114 Å². The maximum absolute atomic E-state index is 12.6. The second kappa shape index (κ2) is 5.45. The highest BCUT2D eigenvalue weighted by Crippen LogP contribution is 2.31. The van der Waals surface area contributed by atoms with Gasteiger partial charge in [-0.2, -0.15) is 13.2 Å². The quantitative estimate of drug-likeness (QED) is 0.877. The van der Waals surface area contributed by atoms with Crippen molar-refractivity contribution in [2.24, 2.45) is 0 Å². The van der Waals surface area contributed by atoms with Gasteiger partial charge >= 0.3 is 6.18 Å². The van der Waals surface area contributed by atoms with Gasteiger partial charge in [0.05, 0.1) is 5.56 Å². The normalized spacial score (nSPS) is 11.4. The second-order valence-corrected chi connectivity index (χ2v) is 4.56. The maximum atomic E-state index is 12.6. The van der Waals surface area contributed by atoms with Gasteiger partial charge in [0.25, 0.3) is 0 Å². The Bertz CT molecular complexity index is 608. The third-order valence-corrected chi connectivity index (χ3v) is 2.91. The Morgan fingerprint density at radius 3 is 2.55 bits per heavy atom. The standard InChI is InChI=1S/C15H14F3NO/c1-10-5-6-14(20)11(7-10)9-19-13-4-2-3-12(8-13)15(16,17)18/h2-8,19-20H,9H2,1H3. The van der Waals surface area contributed by atoms with Crippen molar-refractivity contribution in [3.05, 3.63) is 59.2 Å². The van der Waals surface area contributed by atoms with Crippen molar-refractivity contribution in [2.75, 3.05) is 5.32 Å². The summed E-state index contributed by atoms with van der Waals surface area (Å²) in [5.74, 6) is 0.120. The Hall–Kier alpha value is -2.17. The molecule has 2 nitrogen and oxygen atoms in total. The highest BCUT2D eigenvalue weighted by atomic mass is 19.4. The fourth-order valence-corrected chi connectivity index (χ4v) is 1.86. The number of alkyl halides is 3. The molecule has 20 heavy (non-hydrogen) atoms. The van der Waals surface area contributed by atoms with E-state index < -0.39 is 11.7 Å². The van der Waals surface area contributed by atoms with E-state index in [9.17, 15) is 18.3 Å². The van der Waals surface area contributed by atoms with Crippen molar-refractivity contribution in [3.63, 3.8) is 0 Å². The number of hydrogen-bond donors (Lipinski definition) is 2. The molecule has 0 heterocycles. The van der Waals surface area contributed by atoms with Gasteiger partial charge in [-0.3, -0.25) is 0 Å². The fourth-order valence-electron chi connectivity index (χ4n) is 1.86. The fraction of sp³-hybridized carbons (Fsp3) is 0.200. The summed E-state index contributed by atoms with van der Waals surface area (Å²) in [6.45, 7) is 2.14. The molecule has 2 N–H and O–H groups in total. The third-order valence-electron chi connectivity index (χ3n) is 2.91. The van der Waals surface area contributed by atoms with Crippen LogP contribution in [0.4, 0.5) is 18.9 Å². The molecule has 0 spiro atoms. The molecule has 0 fully saturated rings. The number of phenols is 1. The highest BCUT2D eigenvalue weighted by molar-refractivity contribution is 5.48. The lowest BCUT2D eigenvalue weighted by atomic mass is 10.1. The molecule has 0 saturated heterocycles. The summed E-state index contributed by atoms with van der Waals surface area (Å²) in [7, 11) is 0. The summed E-state index contributed by atoms with van der Waals surface area (Å²) in [5.41, 5.74) is 1.28. The number of benzene rings is 2. The SMILES string of the molecule is Cc1ccc(O)c(CNc2cccc(C(F)(F)F)c2)c1. The van der Waals surface area contributed by atoms with Crippen molar-refractivity contribution < 1.29 is 18.3 Å². The van der Waals surface area contributed by atoms with Crippen molar-refractivity contribution in [1.29, 1.82) is 0 Å². The first-order valence-corrected chi connectivity index (χ1v) is 6.06. The Morgan fingerprint density at radius 1 is 1.10 bits per heavy atom. The van der Waals surface area contributed by atoms with E-state index in [4.69, 9.17) is 0 Å². The predicted octanol–water partition coefficient (Wildman–Crippen LogP) is 4.33. The summed E-state index contributed by atoms with van der Waals surface area (Å²) < 4.78 is 37.7. The molecule has 0 atom stereocenters. The summed E-state index contributed by atoms with van der Waals surface area (Å²) in [6, 6.07) is 10.1. The van der Waals surface area contributed by atoms with E-state index in [1.165, 1.54) is 6.07 Å². The Morgan fingerprint density at radius 2 is 1.85 bits per heavy atom. The van der Waals surface area contributed by atoms with E-state index in [1.54, 1.807) is 24.3 Å². The average molecular weight is 281 g/mol. The van der Waals surface area contributed by atoms with Crippen molar-refractivity contribution in [2.45, 2.75) is 19.6 Å². The van der Waals surface area contributed by atoms with Gasteiger partial charge in [-0.25, -0.2) is 0 Å². The van der Waals surface area contributed by atoms with E-state index in [0.29, 0.717) is 11.3 Å². The zero-order chi connectivity index (χ0) is 14.8. The molecule has 5 heteroatoms. The van der Waals surface area contributed by atoms with Crippen LogP contribution in [0.25, 0.3) is 0 Å². The molecule has 106 valence electrons. The number of nitrogens with one attached hydrogen (secondary N) is 1. The van der Waals surface area contributed by atoms with E-state index in [2.05, 4.69) is 5.32 Å². The minimum atomic E-state index is -4.36. The summed E-state index contributed by atoms with van der Waals surface area (Å²) in [5, 5.41) is 12.6. The van der Waals surface area contributed by atoms with Crippen molar-refractivity contribution >= 4 is 5.69 Å². The van der Waals surface area contributed by atoms with Gasteiger partial charge in [-0.05, 0) is 31.2 Å². The zero-order valence-electron chi connectivity index (χ0n) is 10.8. The lowest BCUT2D eigenvalue weighted by molar-refractivity contribution is -0.137. The smallest absolute Gasteiger partial charge is 0.416 e. The van der Waals surface area contributed by atoms with Crippen LogP contribution in [0, 0.1) is 6.92 Å². The zero-order valence-corrected chi connectivity index (χ0v) is 10.8. The largest absolute Gasteiger partial charge is 0.508 e. The lowest BCUT2D eigenvalue weighted by Crippen LogP contribution is -2.06. The molecule has 2 aromatic carbocycles. The van der Waals surface area contributed by atoms with Gasteiger partial charge in [-0.1, -0.05) is 23.8 Å². The van der Waals surface area contributed by atoms with Gasteiger partial charge in [0, 0.05) is 17.8 Å². The second-order valence-electron chi connectivity index (χ2n) is 4.56. The molecule has 2 aromatic rings. The van der Waals surface area contributed by atoms with Gasteiger partial charge in [0.15, 0.2) is 0 Å². The summed E-state index contributed by atoms with van der Waals surface area (Å²) in [6.07, 6.45) is -4.36. The molecule has 0 aliphatic carbocycles. The van der Waals surface area contributed by atoms with Crippen LogP contribution < -0.4 is 5.32 Å². The van der Waals surface area contributed by atoms with Gasteiger partial charge in [0.1, 0.15) is 5.75 Å². The van der Waals surface area contributed by atoms with Crippen LogP contribution in [0.1, 0.15) is 16.7 Å². The van der Waals surface area contributed by atoms with Crippen LogP contribution in [0.2, 0.25) is 0 Å². The molecular weight excluding hydrogens is 267 g/mol. The van der Waals surface area contributed by atoms with Gasteiger partial charge in [0.2, 0.25) is 0 Å². The molecule has 0 amide bonds. The monoisotopic (exact) mass is 281 g/mol. The van der Waals surface area contributed by atoms with Gasteiger partial charge in [-0.15, -0.1) is 0 Å². The van der Waals surface area contributed by atoms with Crippen LogP contribution >= 0.6 is 0 Å². The van der Waals surface area contributed by atoms with Crippen LogP contribution in [0.15, 0.2) is 42.5 Å². The average Bonchev–Trinajstić information content (AvgIpc) is 2.39. The Kier molecular flexibility index (Phi) is 3.88. The summed E-state index contributed by atoms with van der Waals surface area (Å²) in [4.78, 5) is 0. The molecule has 0 radical (unpaired) electrons. The van der Waals surface area contributed by atoms with E-state index in [0.717, 1.165) is 17.7 Å². The first-order chi connectivity index (χ1) is 9.36. The molecule has 0 bridgehead atoms. The van der Waals surface area contributed by atoms with E-state index >= 15 is 0 Å². The van der Waals surface area contributed by atoms with E-state index in [-0.39, 0.29) is 12.3 Å². The molecular formula is C15H14F3NO. The van der Waals surface area contributed by atoms with Crippen LogP contribution in [0.5, 0.6) is 5.75 Å². The van der Waals surface area contributed by atoms with Crippen molar-refractivity contribution in [3.8, 4) is 5.75 Å². The number of aryl methyl sites for hydroxylation is 1. The van der Waals surface area contributed by atoms with Crippen LogP contribution in [-0.2, 0) is 12.7 Å². The first kappa shape index (κ1) is 14.2. The molecule has 0 unspecified atom stereocenters. The third kappa shape index (κ3) is 3.44. The number of halogens is 3. The van der Waals surface area contributed by atoms with Gasteiger partial charge < -0.3 is 10.4 Å². The maximum Gasteiger partial charge on any atom is 0.416 e.